The summed E-state index contributed by atoms with van der Waals surface area (Å²) in [5.74, 6) is 0. The van der Waals surface area contributed by atoms with E-state index in [1.54, 1.807) is 0 Å². The Hall–Kier alpha value is -2.00. The van der Waals surface area contributed by atoms with Gasteiger partial charge >= 0.3 is 0 Å². The van der Waals surface area contributed by atoms with Crippen molar-refractivity contribution in [3.63, 3.8) is 0 Å². The van der Waals surface area contributed by atoms with Crippen LogP contribution in [0.25, 0.3) is 5.69 Å². The zero-order chi connectivity index (χ0) is 13.1. The first-order chi connectivity index (χ1) is 9.34. The fourth-order valence-electron chi connectivity index (χ4n) is 2.01. The second-order valence-electron chi connectivity index (χ2n) is 4.21. The highest BCUT2D eigenvalue weighted by molar-refractivity contribution is 9.10. The summed E-state index contributed by atoms with van der Waals surface area (Å²) in [4.78, 5) is 0. The highest BCUT2D eigenvalue weighted by Crippen LogP contribution is 2.28. The number of halogens is 1. The molecule has 3 heteroatoms. The first kappa shape index (κ1) is 12.1. The lowest BCUT2D eigenvalue weighted by molar-refractivity contribution is 1.08. The van der Waals surface area contributed by atoms with E-state index in [1.807, 2.05) is 54.9 Å². The Bertz CT molecular complexity index is 675. The Morgan fingerprint density at radius 1 is 0.737 bits per heavy atom. The van der Waals surface area contributed by atoms with Crippen molar-refractivity contribution < 1.29 is 0 Å². The third-order valence-electron chi connectivity index (χ3n) is 2.93. The van der Waals surface area contributed by atoms with Crippen LogP contribution < -0.4 is 5.32 Å². The van der Waals surface area contributed by atoms with E-state index < -0.39 is 0 Å². The summed E-state index contributed by atoms with van der Waals surface area (Å²) < 4.78 is 3.15. The number of hydrogen-bond acceptors (Lipinski definition) is 1. The van der Waals surface area contributed by atoms with Crippen molar-refractivity contribution >= 4 is 27.3 Å². The van der Waals surface area contributed by atoms with Crippen LogP contribution in [-0.2, 0) is 0 Å². The minimum Gasteiger partial charge on any atom is -0.353 e. The quantitative estimate of drug-likeness (QED) is 0.721. The Kier molecular flexibility index (Phi) is 3.38. The maximum atomic E-state index is 3.56. The molecule has 0 aliphatic rings. The Morgan fingerprint density at radius 3 is 2.11 bits per heavy atom. The van der Waals surface area contributed by atoms with E-state index in [2.05, 4.69) is 44.0 Å². The monoisotopic (exact) mass is 312 g/mol. The van der Waals surface area contributed by atoms with Gasteiger partial charge in [-0.25, -0.2) is 0 Å². The van der Waals surface area contributed by atoms with Crippen LogP contribution in [0.4, 0.5) is 11.4 Å². The Balaban J connectivity index is 2.00. The van der Waals surface area contributed by atoms with Crippen LogP contribution in [0.3, 0.4) is 0 Å². The van der Waals surface area contributed by atoms with Gasteiger partial charge in [-0.2, -0.15) is 0 Å². The highest BCUT2D eigenvalue weighted by atomic mass is 79.9. The Morgan fingerprint density at radius 2 is 1.37 bits per heavy atom. The van der Waals surface area contributed by atoms with E-state index in [0.717, 1.165) is 21.5 Å². The lowest BCUT2D eigenvalue weighted by Crippen LogP contribution is -1.98. The summed E-state index contributed by atoms with van der Waals surface area (Å²) in [6, 6.07) is 20.4. The molecule has 0 saturated carbocycles. The van der Waals surface area contributed by atoms with Crippen molar-refractivity contribution in [1.29, 1.82) is 0 Å². The maximum Gasteiger partial charge on any atom is 0.0686 e. The summed E-state index contributed by atoms with van der Waals surface area (Å²) in [7, 11) is 0. The summed E-state index contributed by atoms with van der Waals surface area (Å²) in [5.41, 5.74) is 3.26. The SMILES string of the molecule is Brc1ccccc1Nc1ccccc1-n1cccc1. The predicted octanol–water partition coefficient (Wildman–Crippen LogP) is 4.98. The van der Waals surface area contributed by atoms with E-state index in [1.165, 1.54) is 0 Å². The number of rotatable bonds is 3. The van der Waals surface area contributed by atoms with Crippen molar-refractivity contribution in [3.8, 4) is 5.69 Å². The summed E-state index contributed by atoms with van der Waals surface area (Å²) in [6.07, 6.45) is 4.08. The van der Waals surface area contributed by atoms with E-state index in [-0.39, 0.29) is 0 Å². The molecule has 19 heavy (non-hydrogen) atoms. The molecule has 1 aromatic heterocycles. The first-order valence-corrected chi connectivity index (χ1v) is 6.88. The lowest BCUT2D eigenvalue weighted by Gasteiger charge is -2.13. The minimum atomic E-state index is 1.05. The van der Waals surface area contributed by atoms with Crippen molar-refractivity contribution in [2.24, 2.45) is 0 Å². The van der Waals surface area contributed by atoms with E-state index in [9.17, 15) is 0 Å². The van der Waals surface area contributed by atoms with Crippen LogP contribution in [0.2, 0.25) is 0 Å². The third-order valence-corrected chi connectivity index (χ3v) is 3.62. The number of anilines is 2. The molecule has 0 unspecified atom stereocenters. The summed E-state index contributed by atoms with van der Waals surface area (Å²) in [6.45, 7) is 0. The number of hydrogen-bond donors (Lipinski definition) is 1. The van der Waals surface area contributed by atoms with Gasteiger partial charge in [0.1, 0.15) is 0 Å². The van der Waals surface area contributed by atoms with Gasteiger partial charge in [0.15, 0.2) is 0 Å². The van der Waals surface area contributed by atoms with Gasteiger partial charge in [-0.1, -0.05) is 24.3 Å². The van der Waals surface area contributed by atoms with Crippen molar-refractivity contribution in [1.82, 2.24) is 4.57 Å². The predicted molar refractivity (Wildman–Crippen MR) is 83.2 cm³/mol. The molecule has 0 spiro atoms. The molecule has 3 aromatic rings. The highest BCUT2D eigenvalue weighted by Gasteiger charge is 2.05. The second-order valence-corrected chi connectivity index (χ2v) is 5.07. The van der Waals surface area contributed by atoms with Crippen LogP contribution in [0, 0.1) is 0 Å². The molecule has 1 N–H and O–H groups in total. The average molecular weight is 313 g/mol. The van der Waals surface area contributed by atoms with Gasteiger partial charge in [-0.05, 0) is 52.3 Å². The standard InChI is InChI=1S/C16H13BrN2/c17-13-7-1-2-8-14(13)18-15-9-3-4-10-16(15)19-11-5-6-12-19/h1-12,18H. The number of benzene rings is 2. The molecular weight excluding hydrogens is 300 g/mol. The fraction of sp³-hybridized carbons (Fsp3) is 0. The van der Waals surface area contributed by atoms with Crippen molar-refractivity contribution in [2.75, 3.05) is 5.32 Å². The van der Waals surface area contributed by atoms with Gasteiger partial charge < -0.3 is 9.88 Å². The fourth-order valence-corrected chi connectivity index (χ4v) is 2.39. The van der Waals surface area contributed by atoms with Crippen molar-refractivity contribution in [2.45, 2.75) is 0 Å². The van der Waals surface area contributed by atoms with Gasteiger partial charge in [0.25, 0.3) is 0 Å². The molecule has 0 fully saturated rings. The van der Waals surface area contributed by atoms with Gasteiger partial charge in [0.2, 0.25) is 0 Å². The zero-order valence-electron chi connectivity index (χ0n) is 10.3. The van der Waals surface area contributed by atoms with Crippen LogP contribution in [-0.4, -0.2) is 4.57 Å². The normalized spacial score (nSPS) is 10.4. The largest absolute Gasteiger partial charge is 0.353 e. The number of aromatic nitrogens is 1. The summed E-state index contributed by atoms with van der Waals surface area (Å²) >= 11 is 3.56. The molecule has 0 saturated heterocycles. The van der Waals surface area contributed by atoms with Gasteiger partial charge in [0, 0.05) is 16.9 Å². The molecule has 0 amide bonds. The minimum absolute atomic E-state index is 1.05. The number of para-hydroxylation sites is 3. The van der Waals surface area contributed by atoms with Crippen LogP contribution in [0.15, 0.2) is 77.5 Å². The molecule has 2 nitrogen and oxygen atoms in total. The van der Waals surface area contributed by atoms with Crippen LogP contribution in [0.5, 0.6) is 0 Å². The van der Waals surface area contributed by atoms with Crippen LogP contribution >= 0.6 is 15.9 Å². The van der Waals surface area contributed by atoms with Gasteiger partial charge in [-0.3, -0.25) is 0 Å². The molecule has 0 radical (unpaired) electrons. The molecule has 3 rings (SSSR count). The Labute approximate surface area is 120 Å². The maximum absolute atomic E-state index is 3.56. The molecular formula is C16H13BrN2. The smallest absolute Gasteiger partial charge is 0.0686 e. The number of nitrogens with zero attached hydrogens (tertiary/aromatic N) is 1. The topological polar surface area (TPSA) is 17.0 Å². The van der Waals surface area contributed by atoms with Crippen molar-refractivity contribution in [3.05, 3.63) is 77.5 Å². The lowest BCUT2D eigenvalue weighted by atomic mass is 10.2. The van der Waals surface area contributed by atoms with Crippen LogP contribution in [0.1, 0.15) is 0 Å². The van der Waals surface area contributed by atoms with E-state index >= 15 is 0 Å². The molecule has 0 bridgehead atoms. The number of nitrogens with one attached hydrogen (secondary N) is 1. The van der Waals surface area contributed by atoms with Gasteiger partial charge in [-0.15, -0.1) is 0 Å². The summed E-state index contributed by atoms with van der Waals surface area (Å²) in [5, 5.41) is 3.46. The molecule has 0 aliphatic carbocycles. The molecule has 94 valence electrons. The zero-order valence-corrected chi connectivity index (χ0v) is 11.8. The van der Waals surface area contributed by atoms with E-state index in [0.29, 0.717) is 0 Å². The van der Waals surface area contributed by atoms with Gasteiger partial charge in [0.05, 0.1) is 17.1 Å². The first-order valence-electron chi connectivity index (χ1n) is 6.08. The molecule has 1 heterocycles. The third kappa shape index (κ3) is 2.56. The molecule has 0 atom stereocenters. The molecule has 0 aliphatic heterocycles. The average Bonchev–Trinajstić information content (AvgIpc) is 2.96. The second kappa shape index (κ2) is 5.33. The molecule has 2 aromatic carbocycles. The van der Waals surface area contributed by atoms with E-state index in [4.69, 9.17) is 0 Å².